The molecule has 1 fully saturated rings. The normalized spacial score (nSPS) is 40.5. The summed E-state index contributed by atoms with van der Waals surface area (Å²) in [6.45, 7) is 3.69. The first-order valence-electron chi connectivity index (χ1n) is 4.34. The summed E-state index contributed by atoms with van der Waals surface area (Å²) >= 11 is 0. The molecule has 58 valence electrons. The highest BCUT2D eigenvalue weighted by atomic mass is 14.4. The summed E-state index contributed by atoms with van der Waals surface area (Å²) in [7, 11) is 0. The Bertz CT molecular complexity index is 222. The van der Waals surface area contributed by atoms with E-state index < -0.39 is 0 Å². The van der Waals surface area contributed by atoms with Gasteiger partial charge in [0.15, 0.2) is 0 Å². The summed E-state index contributed by atoms with van der Waals surface area (Å²) in [5.74, 6) is 0.879. The van der Waals surface area contributed by atoms with E-state index in [9.17, 15) is 0 Å². The zero-order chi connectivity index (χ0) is 7.73. The predicted molar refractivity (Wildman–Crippen MR) is 48.3 cm³/mol. The molecule has 0 amide bonds. The minimum absolute atomic E-state index is 0.429. The van der Waals surface area contributed by atoms with Crippen LogP contribution in [0.2, 0.25) is 0 Å². The van der Waals surface area contributed by atoms with Crippen molar-refractivity contribution in [1.82, 2.24) is 0 Å². The molecule has 0 radical (unpaired) electrons. The summed E-state index contributed by atoms with van der Waals surface area (Å²) in [4.78, 5) is 0. The van der Waals surface area contributed by atoms with Crippen LogP contribution in [0.15, 0.2) is 37.0 Å². The smallest absolute Gasteiger partial charge is 0.00699 e. The Labute approximate surface area is 68.3 Å². The van der Waals surface area contributed by atoms with Crippen LogP contribution in [0.5, 0.6) is 0 Å². The number of hydrogen-bond acceptors (Lipinski definition) is 0. The fourth-order valence-electron chi connectivity index (χ4n) is 2.26. The van der Waals surface area contributed by atoms with Crippen molar-refractivity contribution >= 4 is 0 Å². The second kappa shape index (κ2) is 2.37. The third kappa shape index (κ3) is 1.07. The van der Waals surface area contributed by atoms with Gasteiger partial charge < -0.3 is 0 Å². The summed E-state index contributed by atoms with van der Waals surface area (Å²) < 4.78 is 0. The molecule has 0 aromatic rings. The second-order valence-electron chi connectivity index (χ2n) is 3.69. The van der Waals surface area contributed by atoms with Crippen LogP contribution >= 0.6 is 0 Å². The maximum absolute atomic E-state index is 3.69. The van der Waals surface area contributed by atoms with Gasteiger partial charge in [-0.25, -0.2) is 0 Å². The highest BCUT2D eigenvalue weighted by Crippen LogP contribution is 2.49. The molecule has 0 heteroatoms. The van der Waals surface area contributed by atoms with Crippen molar-refractivity contribution in [2.75, 3.05) is 0 Å². The van der Waals surface area contributed by atoms with Crippen molar-refractivity contribution in [2.45, 2.75) is 19.3 Å². The molecule has 0 saturated heterocycles. The minimum atomic E-state index is 0.429. The quantitative estimate of drug-likeness (QED) is 0.415. The molecular formula is C11H14. The van der Waals surface area contributed by atoms with Gasteiger partial charge in [-0.3, -0.25) is 0 Å². The first-order chi connectivity index (χ1) is 5.35. The first kappa shape index (κ1) is 6.90. The number of hydrogen-bond donors (Lipinski definition) is 0. The Kier molecular flexibility index (Phi) is 1.49. The molecule has 0 nitrogen and oxygen atoms in total. The van der Waals surface area contributed by atoms with Gasteiger partial charge in [0, 0.05) is 5.41 Å². The van der Waals surface area contributed by atoms with Crippen LogP contribution in [0.25, 0.3) is 0 Å². The lowest BCUT2D eigenvalue weighted by Gasteiger charge is -2.17. The highest BCUT2D eigenvalue weighted by Gasteiger charge is 2.38. The Hall–Kier alpha value is -0.780. The van der Waals surface area contributed by atoms with Crippen LogP contribution < -0.4 is 0 Å². The molecule has 0 aliphatic heterocycles. The van der Waals surface area contributed by atoms with Crippen molar-refractivity contribution in [3.8, 4) is 0 Å². The molecule has 2 unspecified atom stereocenters. The van der Waals surface area contributed by atoms with Gasteiger partial charge in [-0.1, -0.05) is 37.0 Å². The van der Waals surface area contributed by atoms with Gasteiger partial charge in [-0.05, 0) is 25.2 Å². The number of allylic oxidation sites excluding steroid dienone is 5. The van der Waals surface area contributed by atoms with Crippen molar-refractivity contribution in [1.29, 1.82) is 0 Å². The average molecular weight is 146 g/mol. The van der Waals surface area contributed by atoms with E-state index in [2.05, 4.69) is 30.9 Å². The van der Waals surface area contributed by atoms with Gasteiger partial charge in [0.2, 0.25) is 0 Å². The van der Waals surface area contributed by atoms with E-state index in [1.807, 2.05) is 6.08 Å². The zero-order valence-electron chi connectivity index (χ0n) is 6.79. The molecule has 0 spiro atoms. The lowest BCUT2D eigenvalue weighted by atomic mass is 9.87. The molecule has 0 aromatic carbocycles. The molecular weight excluding hydrogens is 132 g/mol. The molecule has 1 saturated carbocycles. The monoisotopic (exact) mass is 146 g/mol. The van der Waals surface area contributed by atoms with Crippen LogP contribution in [0.4, 0.5) is 0 Å². The van der Waals surface area contributed by atoms with Crippen LogP contribution in [0, 0.1) is 11.3 Å². The molecule has 2 aliphatic carbocycles. The van der Waals surface area contributed by atoms with Crippen LogP contribution in [0.3, 0.4) is 0 Å². The van der Waals surface area contributed by atoms with Crippen molar-refractivity contribution in [3.63, 3.8) is 0 Å². The van der Waals surface area contributed by atoms with E-state index in [0.717, 1.165) is 5.92 Å². The Morgan fingerprint density at radius 1 is 1.55 bits per heavy atom. The first-order valence-corrected chi connectivity index (χ1v) is 4.34. The van der Waals surface area contributed by atoms with Crippen molar-refractivity contribution in [3.05, 3.63) is 37.0 Å². The standard InChI is InChI=1S/C11H14/c1-2-3-6-11-7-4-10(9-11)5-8-11/h2-4,6-7,10H,1,5,8-9H2. The van der Waals surface area contributed by atoms with E-state index in [0.29, 0.717) is 5.41 Å². The minimum Gasteiger partial charge on any atom is -0.0991 e. The molecule has 2 aliphatic rings. The number of rotatable bonds is 2. The molecule has 0 heterocycles. The Morgan fingerprint density at radius 3 is 2.91 bits per heavy atom. The van der Waals surface area contributed by atoms with Crippen LogP contribution in [-0.2, 0) is 0 Å². The third-order valence-corrected chi connectivity index (χ3v) is 2.89. The van der Waals surface area contributed by atoms with E-state index in [-0.39, 0.29) is 0 Å². The highest BCUT2D eigenvalue weighted by molar-refractivity contribution is 5.24. The number of fused-ring (bicyclic) bond motifs is 2. The van der Waals surface area contributed by atoms with E-state index in [1.165, 1.54) is 19.3 Å². The second-order valence-corrected chi connectivity index (χ2v) is 3.69. The van der Waals surface area contributed by atoms with Crippen molar-refractivity contribution < 1.29 is 0 Å². The van der Waals surface area contributed by atoms with E-state index in [4.69, 9.17) is 0 Å². The van der Waals surface area contributed by atoms with Crippen LogP contribution in [0.1, 0.15) is 19.3 Å². The molecule has 2 atom stereocenters. The molecule has 11 heavy (non-hydrogen) atoms. The molecule has 2 rings (SSSR count). The lowest BCUT2D eigenvalue weighted by molar-refractivity contribution is 0.524. The maximum Gasteiger partial charge on any atom is 0.00699 e. The van der Waals surface area contributed by atoms with Gasteiger partial charge in [-0.2, -0.15) is 0 Å². The van der Waals surface area contributed by atoms with E-state index >= 15 is 0 Å². The maximum atomic E-state index is 3.69. The summed E-state index contributed by atoms with van der Waals surface area (Å²) in [5, 5.41) is 0. The summed E-state index contributed by atoms with van der Waals surface area (Å²) in [6.07, 6.45) is 15.1. The summed E-state index contributed by atoms with van der Waals surface area (Å²) in [6, 6.07) is 0. The van der Waals surface area contributed by atoms with Crippen molar-refractivity contribution in [2.24, 2.45) is 11.3 Å². The molecule has 2 bridgehead atoms. The van der Waals surface area contributed by atoms with E-state index in [1.54, 1.807) is 0 Å². The van der Waals surface area contributed by atoms with Gasteiger partial charge in [0.1, 0.15) is 0 Å². The fourth-order valence-corrected chi connectivity index (χ4v) is 2.26. The Balaban J connectivity index is 2.17. The van der Waals surface area contributed by atoms with Gasteiger partial charge in [0.25, 0.3) is 0 Å². The predicted octanol–water partition coefficient (Wildman–Crippen LogP) is 3.08. The Morgan fingerprint density at radius 2 is 2.45 bits per heavy atom. The fraction of sp³-hybridized carbons (Fsp3) is 0.455. The summed E-state index contributed by atoms with van der Waals surface area (Å²) in [5.41, 5.74) is 0.429. The van der Waals surface area contributed by atoms with Gasteiger partial charge in [-0.15, -0.1) is 0 Å². The lowest BCUT2D eigenvalue weighted by Crippen LogP contribution is -2.05. The van der Waals surface area contributed by atoms with Gasteiger partial charge in [0.05, 0.1) is 0 Å². The SMILES string of the molecule is C=CC=CC12C=CC(CC1)C2. The zero-order valence-corrected chi connectivity index (χ0v) is 6.79. The van der Waals surface area contributed by atoms with Crippen LogP contribution in [-0.4, -0.2) is 0 Å². The topological polar surface area (TPSA) is 0 Å². The average Bonchev–Trinajstić information content (AvgIpc) is 2.60. The third-order valence-electron chi connectivity index (χ3n) is 2.89. The molecule has 0 aromatic heterocycles. The largest absolute Gasteiger partial charge is 0.0991 e. The van der Waals surface area contributed by atoms with Gasteiger partial charge >= 0.3 is 0 Å². The molecule has 0 N–H and O–H groups in total.